The summed E-state index contributed by atoms with van der Waals surface area (Å²) in [5.74, 6) is 0. The smallest absolute Gasteiger partial charge is 0.243 e. The summed E-state index contributed by atoms with van der Waals surface area (Å²) in [5.41, 5.74) is 6.54. The highest BCUT2D eigenvalue weighted by molar-refractivity contribution is 7.89. The molecule has 1 atom stereocenters. The zero-order chi connectivity index (χ0) is 14.1. The molecule has 106 valence electrons. The average Bonchev–Trinajstić information content (AvgIpc) is 2.83. The van der Waals surface area contributed by atoms with Gasteiger partial charge in [-0.3, -0.25) is 0 Å². The molecule has 1 fully saturated rings. The molecule has 5 heteroatoms. The summed E-state index contributed by atoms with van der Waals surface area (Å²) in [6, 6.07) is 7.24. The lowest BCUT2D eigenvalue weighted by Crippen LogP contribution is -2.34. The van der Waals surface area contributed by atoms with Gasteiger partial charge in [0.25, 0.3) is 0 Å². The molecular weight excluding hydrogens is 260 g/mol. The first-order valence-corrected chi connectivity index (χ1v) is 8.15. The fourth-order valence-electron chi connectivity index (χ4n) is 2.54. The van der Waals surface area contributed by atoms with E-state index in [-0.39, 0.29) is 5.41 Å². The average molecular weight is 282 g/mol. The minimum atomic E-state index is -3.38. The van der Waals surface area contributed by atoms with E-state index in [0.717, 1.165) is 18.4 Å². The number of nitrogens with zero attached hydrogens (tertiary/aromatic N) is 1. The van der Waals surface area contributed by atoms with Crippen molar-refractivity contribution in [2.75, 3.05) is 19.6 Å². The topological polar surface area (TPSA) is 63.4 Å². The molecule has 1 heterocycles. The van der Waals surface area contributed by atoms with Crippen LogP contribution in [0.4, 0.5) is 0 Å². The maximum Gasteiger partial charge on any atom is 0.243 e. The number of hydrogen-bond acceptors (Lipinski definition) is 3. The third-order valence-electron chi connectivity index (χ3n) is 3.99. The van der Waals surface area contributed by atoms with Crippen LogP contribution in [0.25, 0.3) is 0 Å². The van der Waals surface area contributed by atoms with Crippen molar-refractivity contribution < 1.29 is 8.42 Å². The van der Waals surface area contributed by atoms with E-state index >= 15 is 0 Å². The predicted octanol–water partition coefficient (Wildman–Crippen LogP) is 1.61. The standard InChI is InChI=1S/C14H22N2O2S/c1-3-12-6-4-5-7-13(12)19(17,18)16-9-8-14(2,10-15)11-16/h4-7H,3,8-11,15H2,1-2H3. The van der Waals surface area contributed by atoms with Crippen LogP contribution in [-0.2, 0) is 16.4 Å². The van der Waals surface area contributed by atoms with Crippen molar-refractivity contribution in [1.29, 1.82) is 0 Å². The Kier molecular flexibility index (Phi) is 3.99. The number of aryl methyl sites for hydroxylation is 1. The lowest BCUT2D eigenvalue weighted by Gasteiger charge is -2.23. The van der Waals surface area contributed by atoms with Gasteiger partial charge in [0.1, 0.15) is 0 Å². The molecular formula is C14H22N2O2S. The summed E-state index contributed by atoms with van der Waals surface area (Å²) in [4.78, 5) is 0.443. The van der Waals surface area contributed by atoms with Gasteiger partial charge in [0.05, 0.1) is 4.90 Å². The maximum atomic E-state index is 12.7. The maximum absolute atomic E-state index is 12.7. The second-order valence-corrected chi connectivity index (χ2v) is 7.47. The van der Waals surface area contributed by atoms with E-state index < -0.39 is 10.0 Å². The SMILES string of the molecule is CCc1ccccc1S(=O)(=O)N1CCC(C)(CN)C1. The summed E-state index contributed by atoms with van der Waals surface area (Å²) < 4.78 is 27.0. The largest absolute Gasteiger partial charge is 0.330 e. The molecule has 0 aromatic heterocycles. The molecule has 0 saturated carbocycles. The van der Waals surface area contributed by atoms with E-state index in [1.165, 1.54) is 0 Å². The van der Waals surface area contributed by atoms with Gasteiger partial charge in [-0.25, -0.2) is 8.42 Å². The highest BCUT2D eigenvalue weighted by Crippen LogP contribution is 2.33. The first-order valence-electron chi connectivity index (χ1n) is 6.71. The number of sulfonamides is 1. The zero-order valence-corrected chi connectivity index (χ0v) is 12.4. The number of hydrogen-bond donors (Lipinski definition) is 1. The minimum absolute atomic E-state index is 0.0891. The summed E-state index contributed by atoms with van der Waals surface area (Å²) in [5, 5.41) is 0. The Hall–Kier alpha value is -0.910. The van der Waals surface area contributed by atoms with E-state index in [1.54, 1.807) is 16.4 Å². The molecule has 19 heavy (non-hydrogen) atoms. The van der Waals surface area contributed by atoms with Crippen molar-refractivity contribution in [1.82, 2.24) is 4.31 Å². The van der Waals surface area contributed by atoms with Crippen molar-refractivity contribution in [3.63, 3.8) is 0 Å². The summed E-state index contributed by atoms with van der Waals surface area (Å²) >= 11 is 0. The third kappa shape index (κ3) is 2.68. The second-order valence-electron chi connectivity index (χ2n) is 5.56. The molecule has 1 aliphatic rings. The van der Waals surface area contributed by atoms with Gasteiger partial charge in [-0.05, 0) is 36.4 Å². The predicted molar refractivity (Wildman–Crippen MR) is 76.4 cm³/mol. The fraction of sp³-hybridized carbons (Fsp3) is 0.571. The van der Waals surface area contributed by atoms with Gasteiger partial charge >= 0.3 is 0 Å². The molecule has 1 unspecified atom stereocenters. The molecule has 0 amide bonds. The Labute approximate surface area is 115 Å². The highest BCUT2D eigenvalue weighted by atomic mass is 32.2. The quantitative estimate of drug-likeness (QED) is 0.912. The number of nitrogens with two attached hydrogens (primary N) is 1. The van der Waals surface area contributed by atoms with Gasteiger partial charge in [0.2, 0.25) is 10.0 Å². The first kappa shape index (κ1) is 14.5. The van der Waals surface area contributed by atoms with Crippen LogP contribution in [0.3, 0.4) is 0 Å². The normalized spacial score (nSPS) is 24.8. The molecule has 0 radical (unpaired) electrons. The van der Waals surface area contributed by atoms with Gasteiger partial charge in [-0.15, -0.1) is 0 Å². The Balaban J connectivity index is 2.34. The Morgan fingerprint density at radius 3 is 2.63 bits per heavy atom. The third-order valence-corrected chi connectivity index (χ3v) is 5.93. The lowest BCUT2D eigenvalue weighted by molar-refractivity contribution is 0.349. The van der Waals surface area contributed by atoms with Crippen molar-refractivity contribution >= 4 is 10.0 Å². The van der Waals surface area contributed by atoms with E-state index in [4.69, 9.17) is 5.73 Å². The van der Waals surface area contributed by atoms with Gasteiger partial charge < -0.3 is 5.73 Å². The molecule has 0 spiro atoms. The summed E-state index contributed by atoms with van der Waals surface area (Å²) in [6.45, 7) is 5.63. The Bertz CT molecular complexity index is 556. The van der Waals surface area contributed by atoms with Crippen LogP contribution in [-0.4, -0.2) is 32.4 Å². The lowest BCUT2D eigenvalue weighted by atomic mass is 9.90. The van der Waals surface area contributed by atoms with Gasteiger partial charge in [0, 0.05) is 13.1 Å². The Morgan fingerprint density at radius 1 is 1.37 bits per heavy atom. The zero-order valence-electron chi connectivity index (χ0n) is 11.6. The van der Waals surface area contributed by atoms with Gasteiger partial charge in [0.15, 0.2) is 0 Å². The van der Waals surface area contributed by atoms with Gasteiger partial charge in [-0.2, -0.15) is 4.31 Å². The summed E-state index contributed by atoms with van der Waals surface area (Å²) in [6.07, 6.45) is 1.55. The van der Waals surface area contributed by atoms with Crippen LogP contribution in [0, 0.1) is 5.41 Å². The van der Waals surface area contributed by atoms with Crippen LogP contribution in [0.2, 0.25) is 0 Å². The molecule has 1 aromatic rings. The molecule has 4 nitrogen and oxygen atoms in total. The van der Waals surface area contributed by atoms with Crippen LogP contribution in [0.1, 0.15) is 25.8 Å². The van der Waals surface area contributed by atoms with E-state index in [1.807, 2.05) is 26.0 Å². The molecule has 1 saturated heterocycles. The van der Waals surface area contributed by atoms with Crippen LogP contribution in [0.15, 0.2) is 29.2 Å². The first-order chi connectivity index (χ1) is 8.93. The molecule has 0 bridgehead atoms. The van der Waals surface area contributed by atoms with E-state index in [9.17, 15) is 8.42 Å². The molecule has 2 N–H and O–H groups in total. The fourth-order valence-corrected chi connectivity index (χ4v) is 4.42. The van der Waals surface area contributed by atoms with Crippen LogP contribution >= 0.6 is 0 Å². The highest BCUT2D eigenvalue weighted by Gasteiger charge is 2.39. The molecule has 2 rings (SSSR count). The van der Waals surface area contributed by atoms with E-state index in [0.29, 0.717) is 24.5 Å². The number of benzene rings is 1. The monoisotopic (exact) mass is 282 g/mol. The molecule has 1 aliphatic heterocycles. The molecule has 0 aliphatic carbocycles. The van der Waals surface area contributed by atoms with E-state index in [2.05, 4.69) is 0 Å². The second kappa shape index (κ2) is 5.23. The summed E-state index contributed by atoms with van der Waals surface area (Å²) in [7, 11) is -3.38. The minimum Gasteiger partial charge on any atom is -0.330 e. The Morgan fingerprint density at radius 2 is 2.05 bits per heavy atom. The molecule has 1 aromatic carbocycles. The van der Waals surface area contributed by atoms with Gasteiger partial charge in [-0.1, -0.05) is 32.0 Å². The number of rotatable bonds is 4. The van der Waals surface area contributed by atoms with Crippen molar-refractivity contribution in [3.05, 3.63) is 29.8 Å². The van der Waals surface area contributed by atoms with Crippen LogP contribution in [0.5, 0.6) is 0 Å². The van der Waals surface area contributed by atoms with Crippen molar-refractivity contribution in [2.45, 2.75) is 31.6 Å². The van der Waals surface area contributed by atoms with Crippen LogP contribution < -0.4 is 5.73 Å². The van der Waals surface area contributed by atoms with Crippen molar-refractivity contribution in [3.8, 4) is 0 Å². The van der Waals surface area contributed by atoms with Crippen molar-refractivity contribution in [2.24, 2.45) is 11.1 Å².